The van der Waals surface area contributed by atoms with Gasteiger partial charge in [0.25, 0.3) is 0 Å². The maximum absolute atomic E-state index is 5.86. The number of fused-ring (bicyclic) bond motifs is 1. The average Bonchev–Trinajstić information content (AvgIpc) is 2.94. The Kier molecular flexibility index (Phi) is 2.89. The van der Waals surface area contributed by atoms with Crippen LogP contribution in [0.5, 0.6) is 0 Å². The smallest absolute Gasteiger partial charge is 0.226 e. The summed E-state index contributed by atoms with van der Waals surface area (Å²) in [5.41, 5.74) is 3.17. The number of hydrogen-bond acceptors (Lipinski definition) is 5. The van der Waals surface area contributed by atoms with E-state index in [-0.39, 0.29) is 5.28 Å². The van der Waals surface area contributed by atoms with Gasteiger partial charge in [0, 0.05) is 6.54 Å². The number of anilines is 1. The quantitative estimate of drug-likeness (QED) is 0.723. The van der Waals surface area contributed by atoms with Crippen LogP contribution in [0.2, 0.25) is 5.28 Å². The van der Waals surface area contributed by atoms with E-state index in [0.29, 0.717) is 18.0 Å². The molecular formula is C11H10ClN5S. The highest BCUT2D eigenvalue weighted by Crippen LogP contribution is 2.21. The number of nitrogens with zero attached hydrogens (tertiary/aromatic N) is 3. The van der Waals surface area contributed by atoms with E-state index in [1.807, 2.05) is 0 Å². The topological polar surface area (TPSA) is 66.5 Å². The van der Waals surface area contributed by atoms with Crippen molar-refractivity contribution in [2.24, 2.45) is 0 Å². The van der Waals surface area contributed by atoms with Crippen LogP contribution < -0.4 is 5.32 Å². The van der Waals surface area contributed by atoms with E-state index in [1.165, 1.54) is 11.1 Å². The Morgan fingerprint density at radius 1 is 1.39 bits per heavy atom. The number of aromatic amines is 1. The van der Waals surface area contributed by atoms with E-state index in [2.05, 4.69) is 43.2 Å². The van der Waals surface area contributed by atoms with Crippen molar-refractivity contribution in [1.82, 2.24) is 20.2 Å². The highest BCUT2D eigenvalue weighted by Gasteiger charge is 2.08. The third-order valence-electron chi connectivity index (χ3n) is 2.69. The molecule has 0 aliphatic carbocycles. The predicted molar refractivity (Wildman–Crippen MR) is 73.1 cm³/mol. The van der Waals surface area contributed by atoms with Crippen LogP contribution in [-0.2, 0) is 6.54 Å². The fraction of sp³-hybridized carbons (Fsp3) is 0.182. The Labute approximate surface area is 112 Å². The van der Waals surface area contributed by atoms with E-state index < -0.39 is 0 Å². The number of aromatic nitrogens is 4. The van der Waals surface area contributed by atoms with E-state index in [1.54, 1.807) is 17.5 Å². The van der Waals surface area contributed by atoms with E-state index in [9.17, 15) is 0 Å². The molecule has 0 fully saturated rings. The summed E-state index contributed by atoms with van der Waals surface area (Å²) in [6.07, 6.45) is 1.69. The molecule has 3 aromatic heterocycles. The van der Waals surface area contributed by atoms with Crippen molar-refractivity contribution in [1.29, 1.82) is 0 Å². The number of hydrogen-bond donors (Lipinski definition) is 2. The van der Waals surface area contributed by atoms with Crippen molar-refractivity contribution >= 4 is 39.8 Å². The molecule has 5 nitrogen and oxygen atoms in total. The third-order valence-corrected chi connectivity index (χ3v) is 3.77. The summed E-state index contributed by atoms with van der Waals surface area (Å²) in [7, 11) is 0. The van der Waals surface area contributed by atoms with Gasteiger partial charge in [-0.3, -0.25) is 5.10 Å². The Balaban J connectivity index is 1.90. The van der Waals surface area contributed by atoms with E-state index >= 15 is 0 Å². The number of rotatable bonds is 3. The second kappa shape index (κ2) is 4.55. The molecule has 18 heavy (non-hydrogen) atoms. The second-order valence-corrected chi connectivity index (χ2v) is 4.99. The van der Waals surface area contributed by atoms with E-state index in [0.717, 1.165) is 5.39 Å². The monoisotopic (exact) mass is 279 g/mol. The van der Waals surface area contributed by atoms with Crippen molar-refractivity contribution in [3.8, 4) is 0 Å². The number of thiophene rings is 1. The Hall–Kier alpha value is -1.66. The molecule has 92 valence electrons. The molecular weight excluding hydrogens is 270 g/mol. The highest BCUT2D eigenvalue weighted by molar-refractivity contribution is 7.08. The molecule has 0 aliphatic rings. The largest absolute Gasteiger partial charge is 0.365 e. The van der Waals surface area contributed by atoms with Gasteiger partial charge in [0.15, 0.2) is 5.65 Å². The van der Waals surface area contributed by atoms with Crippen LogP contribution in [0.15, 0.2) is 17.0 Å². The molecule has 3 rings (SSSR count). The Bertz CT molecular complexity index is 690. The first-order chi connectivity index (χ1) is 8.74. The summed E-state index contributed by atoms with van der Waals surface area (Å²) >= 11 is 7.56. The molecule has 3 heterocycles. The second-order valence-electron chi connectivity index (χ2n) is 3.91. The van der Waals surface area contributed by atoms with Gasteiger partial charge < -0.3 is 5.32 Å². The zero-order valence-electron chi connectivity index (χ0n) is 9.57. The van der Waals surface area contributed by atoms with Crippen LogP contribution in [-0.4, -0.2) is 20.2 Å². The summed E-state index contributed by atoms with van der Waals surface area (Å²) < 4.78 is 0. The molecule has 7 heteroatoms. The molecule has 0 saturated carbocycles. The minimum absolute atomic E-state index is 0.205. The molecule has 0 aromatic carbocycles. The van der Waals surface area contributed by atoms with Crippen LogP contribution in [0.1, 0.15) is 11.1 Å². The van der Waals surface area contributed by atoms with Gasteiger partial charge in [0.05, 0.1) is 11.6 Å². The molecule has 0 aliphatic heterocycles. The average molecular weight is 280 g/mol. The lowest BCUT2D eigenvalue weighted by Crippen LogP contribution is -2.02. The zero-order valence-corrected chi connectivity index (χ0v) is 11.1. The molecule has 0 bridgehead atoms. The lowest BCUT2D eigenvalue weighted by atomic mass is 10.2. The summed E-state index contributed by atoms with van der Waals surface area (Å²) in [5, 5.41) is 15.3. The molecule has 0 amide bonds. The molecule has 0 radical (unpaired) electrons. The Morgan fingerprint density at radius 3 is 3.06 bits per heavy atom. The molecule has 0 unspecified atom stereocenters. The van der Waals surface area contributed by atoms with Gasteiger partial charge >= 0.3 is 0 Å². The fourth-order valence-corrected chi connectivity index (χ4v) is 2.72. The minimum Gasteiger partial charge on any atom is -0.365 e. The van der Waals surface area contributed by atoms with Crippen molar-refractivity contribution in [3.05, 3.63) is 33.4 Å². The third kappa shape index (κ3) is 2.04. The maximum atomic E-state index is 5.86. The van der Waals surface area contributed by atoms with Crippen molar-refractivity contribution in [2.75, 3.05) is 5.32 Å². The zero-order chi connectivity index (χ0) is 12.5. The molecule has 0 spiro atoms. The van der Waals surface area contributed by atoms with Gasteiger partial charge in [-0.15, -0.1) is 0 Å². The van der Waals surface area contributed by atoms with Gasteiger partial charge in [-0.05, 0) is 40.4 Å². The highest BCUT2D eigenvalue weighted by atomic mass is 35.5. The standard InChI is InChI=1S/C11H10ClN5S/c1-6-4-18-5-7(6)2-13-9-8-3-14-17-10(8)16-11(12)15-9/h3-5H,2H2,1H3,(H2,13,14,15,16,17). The summed E-state index contributed by atoms with van der Waals surface area (Å²) in [6.45, 7) is 2.80. The fourth-order valence-electron chi connectivity index (χ4n) is 1.69. The molecule has 0 atom stereocenters. The van der Waals surface area contributed by atoms with Crippen molar-refractivity contribution < 1.29 is 0 Å². The maximum Gasteiger partial charge on any atom is 0.226 e. The van der Waals surface area contributed by atoms with Crippen LogP contribution >= 0.6 is 22.9 Å². The normalized spacial score (nSPS) is 11.0. The summed E-state index contributed by atoms with van der Waals surface area (Å²) in [6, 6.07) is 0. The first-order valence-corrected chi connectivity index (χ1v) is 6.68. The number of H-pyrrole nitrogens is 1. The summed E-state index contributed by atoms with van der Waals surface area (Å²) in [4.78, 5) is 8.25. The van der Waals surface area contributed by atoms with Crippen molar-refractivity contribution in [2.45, 2.75) is 13.5 Å². The van der Waals surface area contributed by atoms with Gasteiger partial charge in [-0.2, -0.15) is 26.4 Å². The van der Waals surface area contributed by atoms with Gasteiger partial charge in [-0.1, -0.05) is 0 Å². The first kappa shape index (κ1) is 11.4. The molecule has 2 N–H and O–H groups in total. The lowest BCUT2D eigenvalue weighted by Gasteiger charge is -2.06. The predicted octanol–water partition coefficient (Wildman–Crippen LogP) is 2.99. The molecule has 0 saturated heterocycles. The van der Waals surface area contributed by atoms with E-state index in [4.69, 9.17) is 11.6 Å². The van der Waals surface area contributed by atoms with Crippen LogP contribution in [0.25, 0.3) is 11.0 Å². The van der Waals surface area contributed by atoms with Crippen LogP contribution in [0, 0.1) is 6.92 Å². The molecule has 3 aromatic rings. The number of nitrogens with one attached hydrogen (secondary N) is 2. The van der Waals surface area contributed by atoms with Crippen LogP contribution in [0.4, 0.5) is 5.82 Å². The van der Waals surface area contributed by atoms with Gasteiger partial charge in [-0.25, -0.2) is 0 Å². The van der Waals surface area contributed by atoms with Crippen LogP contribution in [0.3, 0.4) is 0 Å². The Morgan fingerprint density at radius 2 is 2.28 bits per heavy atom. The SMILES string of the molecule is Cc1cscc1CNc1nc(Cl)nc2[nH]ncc12. The van der Waals surface area contributed by atoms with Gasteiger partial charge in [0.2, 0.25) is 5.28 Å². The number of aryl methyl sites for hydroxylation is 1. The first-order valence-electron chi connectivity index (χ1n) is 5.36. The van der Waals surface area contributed by atoms with Crippen molar-refractivity contribution in [3.63, 3.8) is 0 Å². The number of halogens is 1. The van der Waals surface area contributed by atoms with Gasteiger partial charge in [0.1, 0.15) is 5.82 Å². The minimum atomic E-state index is 0.205. The summed E-state index contributed by atoms with van der Waals surface area (Å²) in [5.74, 6) is 0.698. The lowest BCUT2D eigenvalue weighted by molar-refractivity contribution is 1.08.